The molecule has 4 nitrogen and oxygen atoms in total. The van der Waals surface area contributed by atoms with Crippen LogP contribution >= 0.6 is 0 Å². The predicted octanol–water partition coefficient (Wildman–Crippen LogP) is 1.54. The number of oxazole rings is 1. The third-order valence-corrected chi connectivity index (χ3v) is 2.90. The van der Waals surface area contributed by atoms with Gasteiger partial charge in [-0.1, -0.05) is 20.8 Å². The molecule has 16 heavy (non-hydrogen) atoms. The van der Waals surface area contributed by atoms with Crippen molar-refractivity contribution in [3.8, 4) is 0 Å². The van der Waals surface area contributed by atoms with Gasteiger partial charge in [0.15, 0.2) is 0 Å². The zero-order chi connectivity index (χ0) is 11.8. The van der Waals surface area contributed by atoms with Crippen LogP contribution in [0.15, 0.2) is 10.6 Å². The Labute approximate surface area is 96.3 Å². The van der Waals surface area contributed by atoms with Crippen molar-refractivity contribution in [2.24, 2.45) is 0 Å². The Kier molecular flexibility index (Phi) is 3.04. The maximum atomic E-state index is 9.42. The SMILES string of the molecule is CC(C)(C)c1cnc(CN2CC[C@@H](O)C2)o1. The molecule has 1 N–H and O–H groups in total. The first-order valence-electron chi connectivity index (χ1n) is 5.81. The van der Waals surface area contributed by atoms with Crippen LogP contribution in [0.1, 0.15) is 38.8 Å². The molecule has 1 atom stereocenters. The molecular weight excluding hydrogens is 204 g/mol. The summed E-state index contributed by atoms with van der Waals surface area (Å²) in [5.41, 5.74) is 0.00970. The van der Waals surface area contributed by atoms with Crippen molar-refractivity contribution in [3.05, 3.63) is 17.8 Å². The number of likely N-dealkylation sites (tertiary alicyclic amines) is 1. The highest BCUT2D eigenvalue weighted by Crippen LogP contribution is 2.23. The van der Waals surface area contributed by atoms with Gasteiger partial charge in [0.05, 0.1) is 18.8 Å². The maximum absolute atomic E-state index is 9.42. The number of hydrogen-bond acceptors (Lipinski definition) is 4. The van der Waals surface area contributed by atoms with Gasteiger partial charge < -0.3 is 9.52 Å². The van der Waals surface area contributed by atoms with E-state index in [0.29, 0.717) is 6.54 Å². The van der Waals surface area contributed by atoms with Crippen LogP contribution in [-0.4, -0.2) is 34.2 Å². The molecule has 2 heterocycles. The first-order chi connectivity index (χ1) is 7.45. The van der Waals surface area contributed by atoms with Crippen molar-refractivity contribution in [1.29, 1.82) is 0 Å². The van der Waals surface area contributed by atoms with E-state index in [4.69, 9.17) is 4.42 Å². The summed E-state index contributed by atoms with van der Waals surface area (Å²) in [7, 11) is 0. The van der Waals surface area contributed by atoms with E-state index in [-0.39, 0.29) is 11.5 Å². The summed E-state index contributed by atoms with van der Waals surface area (Å²) in [6.07, 6.45) is 2.48. The number of rotatable bonds is 2. The third kappa shape index (κ3) is 2.62. The molecule has 0 aromatic carbocycles. The molecule has 1 aromatic heterocycles. The smallest absolute Gasteiger partial charge is 0.208 e. The van der Waals surface area contributed by atoms with E-state index in [1.54, 1.807) is 0 Å². The summed E-state index contributed by atoms with van der Waals surface area (Å²) >= 11 is 0. The summed E-state index contributed by atoms with van der Waals surface area (Å²) in [5.74, 6) is 1.67. The van der Waals surface area contributed by atoms with Crippen LogP contribution in [0, 0.1) is 0 Å². The number of aromatic nitrogens is 1. The lowest BCUT2D eigenvalue weighted by Crippen LogP contribution is -2.21. The summed E-state index contributed by atoms with van der Waals surface area (Å²) in [6.45, 7) is 8.68. The number of β-amino-alcohol motifs (C(OH)–C–C–N with tert-alkyl or cyclic N) is 1. The lowest BCUT2D eigenvalue weighted by molar-refractivity contribution is 0.170. The highest BCUT2D eigenvalue weighted by atomic mass is 16.4. The summed E-state index contributed by atoms with van der Waals surface area (Å²) in [5, 5.41) is 9.42. The molecule has 1 aliphatic rings. The predicted molar refractivity (Wildman–Crippen MR) is 61.1 cm³/mol. The Balaban J connectivity index is 1.98. The number of hydrogen-bond donors (Lipinski definition) is 1. The minimum absolute atomic E-state index is 0.00970. The molecule has 1 aromatic rings. The summed E-state index contributed by atoms with van der Waals surface area (Å²) in [6, 6.07) is 0. The Morgan fingerprint density at radius 2 is 2.31 bits per heavy atom. The molecule has 0 saturated carbocycles. The first-order valence-corrected chi connectivity index (χ1v) is 5.81. The fourth-order valence-corrected chi connectivity index (χ4v) is 1.88. The summed E-state index contributed by atoms with van der Waals surface area (Å²) in [4.78, 5) is 6.45. The van der Waals surface area contributed by atoms with E-state index < -0.39 is 0 Å². The van der Waals surface area contributed by atoms with Crippen molar-refractivity contribution in [3.63, 3.8) is 0 Å². The van der Waals surface area contributed by atoms with Crippen molar-refractivity contribution < 1.29 is 9.52 Å². The van der Waals surface area contributed by atoms with Crippen molar-refractivity contribution in [1.82, 2.24) is 9.88 Å². The molecule has 0 aliphatic carbocycles. The van der Waals surface area contributed by atoms with Crippen LogP contribution in [0.5, 0.6) is 0 Å². The van der Waals surface area contributed by atoms with Gasteiger partial charge in [-0.25, -0.2) is 4.98 Å². The standard InChI is InChI=1S/C12H20N2O2/c1-12(2,3)10-6-13-11(16-10)8-14-5-4-9(15)7-14/h6,9,15H,4-5,7-8H2,1-3H3/t9-/m1/s1. The molecule has 0 bridgehead atoms. The molecule has 0 unspecified atom stereocenters. The van der Waals surface area contributed by atoms with Crippen LogP contribution < -0.4 is 0 Å². The van der Waals surface area contributed by atoms with Gasteiger partial charge in [0.2, 0.25) is 5.89 Å². The normalized spacial score (nSPS) is 22.9. The average molecular weight is 224 g/mol. The first kappa shape index (κ1) is 11.6. The molecule has 1 aliphatic heterocycles. The van der Waals surface area contributed by atoms with Gasteiger partial charge in [-0.15, -0.1) is 0 Å². The molecular formula is C12H20N2O2. The van der Waals surface area contributed by atoms with E-state index >= 15 is 0 Å². The third-order valence-electron chi connectivity index (χ3n) is 2.90. The quantitative estimate of drug-likeness (QED) is 0.828. The lowest BCUT2D eigenvalue weighted by atomic mass is 9.94. The zero-order valence-corrected chi connectivity index (χ0v) is 10.2. The largest absolute Gasteiger partial charge is 0.444 e. The van der Waals surface area contributed by atoms with Gasteiger partial charge in [0.1, 0.15) is 5.76 Å². The van der Waals surface area contributed by atoms with Crippen LogP contribution in [0.4, 0.5) is 0 Å². The molecule has 0 amide bonds. The topological polar surface area (TPSA) is 49.5 Å². The fraction of sp³-hybridized carbons (Fsp3) is 0.750. The second-order valence-electron chi connectivity index (χ2n) is 5.55. The lowest BCUT2D eigenvalue weighted by Gasteiger charge is -2.14. The van der Waals surface area contributed by atoms with E-state index in [2.05, 4.69) is 30.7 Å². The van der Waals surface area contributed by atoms with E-state index in [9.17, 15) is 5.11 Å². The van der Waals surface area contributed by atoms with Gasteiger partial charge in [-0.05, 0) is 6.42 Å². The minimum atomic E-state index is -0.183. The van der Waals surface area contributed by atoms with Crippen LogP contribution in [0.2, 0.25) is 0 Å². The van der Waals surface area contributed by atoms with Gasteiger partial charge >= 0.3 is 0 Å². The number of aliphatic hydroxyl groups is 1. The maximum Gasteiger partial charge on any atom is 0.208 e. The second kappa shape index (κ2) is 4.18. The Morgan fingerprint density at radius 1 is 1.56 bits per heavy atom. The number of aliphatic hydroxyl groups excluding tert-OH is 1. The number of nitrogens with zero attached hydrogens (tertiary/aromatic N) is 2. The van der Waals surface area contributed by atoms with Gasteiger partial charge in [-0.2, -0.15) is 0 Å². The summed E-state index contributed by atoms with van der Waals surface area (Å²) < 4.78 is 5.71. The molecule has 1 fully saturated rings. The average Bonchev–Trinajstić information content (AvgIpc) is 2.74. The van der Waals surface area contributed by atoms with E-state index in [1.165, 1.54) is 0 Å². The van der Waals surface area contributed by atoms with E-state index in [0.717, 1.165) is 31.2 Å². The van der Waals surface area contributed by atoms with Crippen LogP contribution in [0.25, 0.3) is 0 Å². The van der Waals surface area contributed by atoms with Gasteiger partial charge in [0.25, 0.3) is 0 Å². The van der Waals surface area contributed by atoms with Crippen LogP contribution in [-0.2, 0) is 12.0 Å². The second-order valence-corrected chi connectivity index (χ2v) is 5.55. The van der Waals surface area contributed by atoms with Crippen molar-refractivity contribution in [2.45, 2.75) is 45.3 Å². The monoisotopic (exact) mass is 224 g/mol. The molecule has 90 valence electrons. The molecule has 4 heteroatoms. The highest BCUT2D eigenvalue weighted by molar-refractivity contribution is 5.06. The fourth-order valence-electron chi connectivity index (χ4n) is 1.88. The zero-order valence-electron chi connectivity index (χ0n) is 10.2. The van der Waals surface area contributed by atoms with Crippen molar-refractivity contribution >= 4 is 0 Å². The van der Waals surface area contributed by atoms with Crippen molar-refractivity contribution in [2.75, 3.05) is 13.1 Å². The van der Waals surface area contributed by atoms with E-state index in [1.807, 2.05) is 6.20 Å². The minimum Gasteiger partial charge on any atom is -0.444 e. The highest BCUT2D eigenvalue weighted by Gasteiger charge is 2.23. The van der Waals surface area contributed by atoms with Gasteiger partial charge in [0, 0.05) is 18.5 Å². The molecule has 1 saturated heterocycles. The molecule has 0 radical (unpaired) electrons. The molecule has 2 rings (SSSR count). The van der Waals surface area contributed by atoms with Gasteiger partial charge in [-0.3, -0.25) is 4.90 Å². The van der Waals surface area contributed by atoms with Crippen LogP contribution in [0.3, 0.4) is 0 Å². The molecule has 0 spiro atoms. The Bertz CT molecular complexity index is 354. The Morgan fingerprint density at radius 3 is 2.81 bits per heavy atom. The Hall–Kier alpha value is -0.870.